The van der Waals surface area contributed by atoms with Crippen molar-refractivity contribution in [2.75, 3.05) is 13.6 Å². The third-order valence-electron chi connectivity index (χ3n) is 5.23. The average Bonchev–Trinajstić information content (AvgIpc) is 3.03. The molecule has 0 bridgehead atoms. The maximum Gasteiger partial charge on any atom is 0.220 e. The normalized spacial score (nSPS) is 27.8. The average molecular weight is 302 g/mol. The number of nitrogens with zero attached hydrogens (tertiary/aromatic N) is 3. The topological polar surface area (TPSA) is 50.2 Å². The molecule has 22 heavy (non-hydrogen) atoms. The summed E-state index contributed by atoms with van der Waals surface area (Å²) in [5.74, 6) is 1.46. The monoisotopic (exact) mass is 302 g/mol. The first-order valence-electron chi connectivity index (χ1n) is 8.17. The Hall–Kier alpha value is -1.62. The van der Waals surface area contributed by atoms with Gasteiger partial charge in [-0.3, -0.25) is 14.4 Å². The van der Waals surface area contributed by atoms with Crippen LogP contribution >= 0.6 is 0 Å². The molecular formula is C17H26N4O. The summed E-state index contributed by atoms with van der Waals surface area (Å²) in [6.07, 6.45) is 7.05. The number of aryl methyl sites for hydroxylation is 1. The molecule has 1 amide bonds. The van der Waals surface area contributed by atoms with Crippen molar-refractivity contribution in [2.24, 2.45) is 11.8 Å². The van der Waals surface area contributed by atoms with Crippen LogP contribution in [-0.2, 0) is 17.9 Å². The highest BCUT2D eigenvalue weighted by Gasteiger charge is 2.39. The van der Waals surface area contributed by atoms with E-state index in [0.717, 1.165) is 31.7 Å². The SMILES string of the molecule is C=CCn1cc(CN(C)[C@H]2C[C@H]3CNC(=O)C[C@H]3C2)c(C)n1. The van der Waals surface area contributed by atoms with Crippen molar-refractivity contribution in [1.29, 1.82) is 0 Å². The molecule has 5 nitrogen and oxygen atoms in total. The molecule has 1 saturated carbocycles. The summed E-state index contributed by atoms with van der Waals surface area (Å²) < 4.78 is 1.95. The van der Waals surface area contributed by atoms with Crippen LogP contribution in [0.15, 0.2) is 18.9 Å². The Morgan fingerprint density at radius 3 is 3.05 bits per heavy atom. The molecule has 1 aromatic rings. The lowest BCUT2D eigenvalue weighted by molar-refractivity contribution is -0.124. The fraction of sp³-hybridized carbons (Fsp3) is 0.647. The van der Waals surface area contributed by atoms with Gasteiger partial charge in [0.25, 0.3) is 0 Å². The predicted octanol–water partition coefficient (Wildman–Crippen LogP) is 1.72. The van der Waals surface area contributed by atoms with Crippen molar-refractivity contribution in [3.8, 4) is 0 Å². The molecule has 1 aliphatic heterocycles. The summed E-state index contributed by atoms with van der Waals surface area (Å²) in [7, 11) is 2.20. The molecule has 1 aliphatic carbocycles. The summed E-state index contributed by atoms with van der Waals surface area (Å²) in [4.78, 5) is 14.0. The Morgan fingerprint density at radius 1 is 1.50 bits per heavy atom. The zero-order valence-corrected chi connectivity index (χ0v) is 13.6. The number of allylic oxidation sites excluding steroid dienone is 1. The summed E-state index contributed by atoms with van der Waals surface area (Å²) in [6.45, 7) is 8.38. The van der Waals surface area contributed by atoms with Crippen molar-refractivity contribution in [1.82, 2.24) is 20.0 Å². The van der Waals surface area contributed by atoms with E-state index in [1.165, 1.54) is 12.0 Å². The highest BCUT2D eigenvalue weighted by Crippen LogP contribution is 2.38. The van der Waals surface area contributed by atoms with Crippen LogP contribution in [0.4, 0.5) is 0 Å². The minimum Gasteiger partial charge on any atom is -0.356 e. The van der Waals surface area contributed by atoms with Crippen molar-refractivity contribution < 1.29 is 4.79 Å². The fourth-order valence-corrected chi connectivity index (χ4v) is 3.93. The highest BCUT2D eigenvalue weighted by molar-refractivity contribution is 5.77. The van der Waals surface area contributed by atoms with Crippen molar-refractivity contribution in [2.45, 2.75) is 45.3 Å². The quantitative estimate of drug-likeness (QED) is 0.843. The lowest BCUT2D eigenvalue weighted by atomic mass is 9.89. The predicted molar refractivity (Wildman–Crippen MR) is 86.3 cm³/mol. The van der Waals surface area contributed by atoms with Crippen LogP contribution in [0.5, 0.6) is 0 Å². The zero-order chi connectivity index (χ0) is 15.7. The van der Waals surface area contributed by atoms with E-state index in [0.29, 0.717) is 24.3 Å². The second kappa shape index (κ2) is 6.24. The van der Waals surface area contributed by atoms with Gasteiger partial charge in [-0.2, -0.15) is 5.10 Å². The molecule has 0 spiro atoms. The van der Waals surface area contributed by atoms with Gasteiger partial charge in [0.05, 0.1) is 12.2 Å². The smallest absolute Gasteiger partial charge is 0.220 e. The third-order valence-corrected chi connectivity index (χ3v) is 5.23. The first-order valence-corrected chi connectivity index (χ1v) is 8.17. The standard InChI is InChI=1S/C17H26N4O/c1-4-5-21-11-15(12(2)19-21)10-20(3)16-6-13-8-17(22)18-9-14(13)7-16/h4,11,13-14,16H,1,5-10H2,2-3H3,(H,18,22)/t13-,14+,16-/m1/s1. The van der Waals surface area contributed by atoms with Gasteiger partial charge in [-0.15, -0.1) is 6.58 Å². The second-order valence-electron chi connectivity index (χ2n) is 6.82. The molecule has 5 heteroatoms. The van der Waals surface area contributed by atoms with Gasteiger partial charge < -0.3 is 5.32 Å². The van der Waals surface area contributed by atoms with Crippen LogP contribution < -0.4 is 5.32 Å². The first-order chi connectivity index (χ1) is 10.6. The summed E-state index contributed by atoms with van der Waals surface area (Å²) in [5, 5.41) is 7.54. The first kappa shape index (κ1) is 15.3. The maximum absolute atomic E-state index is 11.5. The molecule has 120 valence electrons. The van der Waals surface area contributed by atoms with Gasteiger partial charge in [0.2, 0.25) is 5.91 Å². The van der Waals surface area contributed by atoms with Crippen molar-refractivity contribution in [3.63, 3.8) is 0 Å². The van der Waals surface area contributed by atoms with Crippen molar-refractivity contribution in [3.05, 3.63) is 30.1 Å². The highest BCUT2D eigenvalue weighted by atomic mass is 16.1. The van der Waals surface area contributed by atoms with E-state index in [9.17, 15) is 4.79 Å². The third kappa shape index (κ3) is 3.09. The van der Waals surface area contributed by atoms with E-state index >= 15 is 0 Å². The largest absolute Gasteiger partial charge is 0.356 e. The molecule has 1 aromatic heterocycles. The van der Waals surface area contributed by atoms with Crippen LogP contribution in [0, 0.1) is 18.8 Å². The van der Waals surface area contributed by atoms with Gasteiger partial charge in [0.15, 0.2) is 0 Å². The molecular weight excluding hydrogens is 276 g/mol. The van der Waals surface area contributed by atoms with E-state index in [1.54, 1.807) is 0 Å². The number of aromatic nitrogens is 2. The lowest BCUT2D eigenvalue weighted by Gasteiger charge is -2.24. The summed E-state index contributed by atoms with van der Waals surface area (Å²) >= 11 is 0. The number of hydrogen-bond donors (Lipinski definition) is 1. The molecule has 1 N–H and O–H groups in total. The Balaban J connectivity index is 1.61. The van der Waals surface area contributed by atoms with Crippen LogP contribution in [0.2, 0.25) is 0 Å². The van der Waals surface area contributed by atoms with E-state index in [4.69, 9.17) is 0 Å². The Kier molecular flexibility index (Phi) is 4.34. The Morgan fingerprint density at radius 2 is 2.27 bits per heavy atom. The van der Waals surface area contributed by atoms with E-state index in [-0.39, 0.29) is 5.91 Å². The molecule has 3 rings (SSSR count). The molecule has 2 aliphatic rings. The minimum atomic E-state index is 0.228. The van der Waals surface area contributed by atoms with Gasteiger partial charge in [-0.1, -0.05) is 6.08 Å². The van der Waals surface area contributed by atoms with E-state index in [1.807, 2.05) is 10.8 Å². The molecule has 2 fully saturated rings. The number of nitrogens with one attached hydrogen (secondary N) is 1. The molecule has 2 heterocycles. The fourth-order valence-electron chi connectivity index (χ4n) is 3.93. The molecule has 0 aromatic carbocycles. The Bertz CT molecular complexity index is 565. The number of fused-ring (bicyclic) bond motifs is 1. The number of amides is 1. The molecule has 1 saturated heterocycles. The van der Waals surface area contributed by atoms with E-state index in [2.05, 4.69) is 42.1 Å². The maximum atomic E-state index is 11.5. The zero-order valence-electron chi connectivity index (χ0n) is 13.6. The van der Waals surface area contributed by atoms with Crippen LogP contribution in [-0.4, -0.2) is 40.2 Å². The molecule has 0 unspecified atom stereocenters. The van der Waals surface area contributed by atoms with Crippen LogP contribution in [0.3, 0.4) is 0 Å². The number of carbonyl (C=O) groups excluding carboxylic acids is 1. The number of piperidine rings is 1. The van der Waals surface area contributed by atoms with Gasteiger partial charge in [0, 0.05) is 37.3 Å². The Labute approximate surface area is 132 Å². The number of rotatable bonds is 5. The van der Waals surface area contributed by atoms with Gasteiger partial charge in [-0.05, 0) is 38.6 Å². The second-order valence-corrected chi connectivity index (χ2v) is 6.82. The number of hydrogen-bond acceptors (Lipinski definition) is 3. The van der Waals surface area contributed by atoms with Gasteiger partial charge in [0.1, 0.15) is 0 Å². The summed E-state index contributed by atoms with van der Waals surface area (Å²) in [5.41, 5.74) is 2.38. The van der Waals surface area contributed by atoms with Gasteiger partial charge >= 0.3 is 0 Å². The summed E-state index contributed by atoms with van der Waals surface area (Å²) in [6, 6.07) is 0.574. The number of carbonyl (C=O) groups is 1. The van der Waals surface area contributed by atoms with Gasteiger partial charge in [-0.25, -0.2) is 0 Å². The molecule has 3 atom stereocenters. The minimum absolute atomic E-state index is 0.228. The molecule has 0 radical (unpaired) electrons. The lowest BCUT2D eigenvalue weighted by Crippen LogP contribution is -2.38. The van der Waals surface area contributed by atoms with Crippen LogP contribution in [0.1, 0.15) is 30.5 Å². The van der Waals surface area contributed by atoms with Crippen LogP contribution in [0.25, 0.3) is 0 Å². The van der Waals surface area contributed by atoms with E-state index < -0.39 is 0 Å². The van der Waals surface area contributed by atoms with Crippen molar-refractivity contribution >= 4 is 5.91 Å².